The summed E-state index contributed by atoms with van der Waals surface area (Å²) in [6, 6.07) is 12.4. The first-order valence-electron chi connectivity index (χ1n) is 7.52. The summed E-state index contributed by atoms with van der Waals surface area (Å²) in [5, 5.41) is 9.40. The summed E-state index contributed by atoms with van der Waals surface area (Å²) < 4.78 is 11.6. The van der Waals surface area contributed by atoms with Crippen LogP contribution >= 0.6 is 0 Å². The predicted molar refractivity (Wildman–Crippen MR) is 90.0 cm³/mol. The monoisotopic (exact) mass is 340 g/mol. The van der Waals surface area contributed by atoms with Crippen LogP contribution in [-0.4, -0.2) is 33.8 Å². The maximum Gasteiger partial charge on any atom is 0.417 e. The third kappa shape index (κ3) is 3.16. The van der Waals surface area contributed by atoms with Crippen molar-refractivity contribution < 1.29 is 24.2 Å². The van der Waals surface area contributed by atoms with Crippen LogP contribution in [0.3, 0.4) is 0 Å². The molecule has 0 radical (unpaired) electrons. The van der Waals surface area contributed by atoms with Gasteiger partial charge >= 0.3 is 12.1 Å². The minimum atomic E-state index is -1.18. The molecule has 3 aromatic rings. The van der Waals surface area contributed by atoms with Crippen LogP contribution in [0.5, 0.6) is 5.75 Å². The van der Waals surface area contributed by atoms with E-state index < -0.39 is 12.1 Å². The smallest absolute Gasteiger partial charge is 0.417 e. The van der Waals surface area contributed by atoms with Gasteiger partial charge in [-0.2, -0.15) is 0 Å². The number of nitrogens with zero attached hydrogens (tertiary/aromatic N) is 2. The molecule has 1 N–H and O–H groups in total. The molecule has 1 aromatic heterocycles. The first-order chi connectivity index (χ1) is 12.0. The van der Waals surface area contributed by atoms with Gasteiger partial charge in [-0.05, 0) is 24.6 Å². The van der Waals surface area contributed by atoms with Gasteiger partial charge in [0.25, 0.3) is 0 Å². The van der Waals surface area contributed by atoms with E-state index in [1.54, 1.807) is 6.92 Å². The number of hydrogen-bond acceptors (Lipinski definition) is 5. The van der Waals surface area contributed by atoms with E-state index in [2.05, 4.69) is 4.98 Å². The Morgan fingerprint density at radius 2 is 1.92 bits per heavy atom. The van der Waals surface area contributed by atoms with Crippen LogP contribution in [0.2, 0.25) is 0 Å². The zero-order valence-corrected chi connectivity index (χ0v) is 13.7. The van der Waals surface area contributed by atoms with Crippen molar-refractivity contribution in [3.8, 4) is 5.75 Å². The van der Waals surface area contributed by atoms with Crippen molar-refractivity contribution in [2.75, 3.05) is 7.11 Å². The number of esters is 1. The second-order valence-electron chi connectivity index (χ2n) is 5.38. The Morgan fingerprint density at radius 1 is 1.20 bits per heavy atom. The van der Waals surface area contributed by atoms with Crippen LogP contribution < -0.4 is 4.74 Å². The van der Waals surface area contributed by atoms with E-state index in [0.29, 0.717) is 11.3 Å². The van der Waals surface area contributed by atoms with E-state index in [9.17, 15) is 14.7 Å². The van der Waals surface area contributed by atoms with Crippen molar-refractivity contribution in [2.24, 2.45) is 0 Å². The Labute approximate surface area is 143 Å². The van der Waals surface area contributed by atoms with Crippen molar-refractivity contribution in [2.45, 2.75) is 13.5 Å². The zero-order valence-electron chi connectivity index (χ0n) is 13.7. The summed E-state index contributed by atoms with van der Waals surface area (Å²) >= 11 is 0. The zero-order chi connectivity index (χ0) is 18.0. The summed E-state index contributed by atoms with van der Waals surface area (Å²) in [6.07, 6.45) is -1.18. The van der Waals surface area contributed by atoms with E-state index in [-0.39, 0.29) is 23.5 Å². The fourth-order valence-corrected chi connectivity index (χ4v) is 2.58. The van der Waals surface area contributed by atoms with Gasteiger partial charge in [-0.15, -0.1) is 0 Å². The molecule has 0 bridgehead atoms. The standard InChI is InChI=1S/C18H16N2O5/c1-11-19-16-14(20(11)18(22)23)8-13(17(21)24-2)9-15(16)25-10-12-6-4-3-5-7-12/h3-9H,10H2,1-2H3,(H,22,23). The van der Waals surface area contributed by atoms with Crippen LogP contribution in [0.25, 0.3) is 11.0 Å². The molecule has 1 heterocycles. The molecule has 0 atom stereocenters. The Morgan fingerprint density at radius 3 is 2.56 bits per heavy atom. The molecule has 7 heteroatoms. The lowest BCUT2D eigenvalue weighted by atomic mass is 10.1. The van der Waals surface area contributed by atoms with Gasteiger partial charge in [0, 0.05) is 0 Å². The fourth-order valence-electron chi connectivity index (χ4n) is 2.58. The third-order valence-corrected chi connectivity index (χ3v) is 3.74. The third-order valence-electron chi connectivity index (χ3n) is 3.74. The molecule has 128 valence electrons. The molecule has 0 aliphatic carbocycles. The average molecular weight is 340 g/mol. The largest absolute Gasteiger partial charge is 0.487 e. The highest BCUT2D eigenvalue weighted by atomic mass is 16.5. The van der Waals surface area contributed by atoms with Gasteiger partial charge in [0.15, 0.2) is 0 Å². The molecule has 3 rings (SSSR count). The summed E-state index contributed by atoms with van der Waals surface area (Å²) in [5.41, 5.74) is 1.79. The highest BCUT2D eigenvalue weighted by Crippen LogP contribution is 2.29. The van der Waals surface area contributed by atoms with Gasteiger partial charge in [0.1, 0.15) is 23.7 Å². The topological polar surface area (TPSA) is 90.7 Å². The maximum atomic E-state index is 11.9. The van der Waals surface area contributed by atoms with Crippen molar-refractivity contribution in [3.63, 3.8) is 0 Å². The molecule has 0 saturated carbocycles. The first kappa shape index (κ1) is 16.5. The van der Waals surface area contributed by atoms with Crippen molar-refractivity contribution in [1.29, 1.82) is 0 Å². The molecule has 25 heavy (non-hydrogen) atoms. The highest BCUT2D eigenvalue weighted by Gasteiger charge is 2.20. The highest BCUT2D eigenvalue weighted by molar-refractivity contribution is 5.98. The number of methoxy groups -OCH3 is 1. The van der Waals surface area contributed by atoms with Crippen LogP contribution in [0.15, 0.2) is 42.5 Å². The summed E-state index contributed by atoms with van der Waals surface area (Å²) in [5.74, 6) is 0.0289. The van der Waals surface area contributed by atoms with Gasteiger partial charge in [-0.3, -0.25) is 0 Å². The number of imidazole rings is 1. The number of rotatable bonds is 4. The minimum Gasteiger partial charge on any atom is -0.487 e. The average Bonchev–Trinajstić information content (AvgIpc) is 2.95. The number of hydrogen-bond donors (Lipinski definition) is 1. The van der Waals surface area contributed by atoms with E-state index in [0.717, 1.165) is 10.1 Å². The molecular formula is C18H16N2O5. The molecule has 0 saturated heterocycles. The quantitative estimate of drug-likeness (QED) is 0.733. The predicted octanol–water partition coefficient (Wildman–Crippen LogP) is 3.24. The number of fused-ring (bicyclic) bond motifs is 1. The van der Waals surface area contributed by atoms with E-state index in [4.69, 9.17) is 9.47 Å². The summed E-state index contributed by atoms with van der Waals surface area (Å²) in [7, 11) is 1.26. The Hall–Kier alpha value is -3.35. The SMILES string of the molecule is COC(=O)c1cc(OCc2ccccc2)c2nc(C)n(C(=O)O)c2c1. The summed E-state index contributed by atoms with van der Waals surface area (Å²) in [4.78, 5) is 27.7. The van der Waals surface area contributed by atoms with Gasteiger partial charge < -0.3 is 14.6 Å². The van der Waals surface area contributed by atoms with Gasteiger partial charge in [0.2, 0.25) is 0 Å². The van der Waals surface area contributed by atoms with Crippen molar-refractivity contribution in [3.05, 3.63) is 59.4 Å². The Kier molecular flexibility index (Phi) is 4.38. The van der Waals surface area contributed by atoms with Gasteiger partial charge in [0.05, 0.1) is 18.2 Å². The maximum absolute atomic E-state index is 11.9. The Bertz CT molecular complexity index is 947. The van der Waals surface area contributed by atoms with Crippen LogP contribution in [-0.2, 0) is 11.3 Å². The van der Waals surface area contributed by atoms with E-state index in [1.165, 1.54) is 19.2 Å². The van der Waals surface area contributed by atoms with Gasteiger partial charge in [-0.1, -0.05) is 30.3 Å². The first-order valence-corrected chi connectivity index (χ1v) is 7.52. The number of aromatic nitrogens is 2. The van der Waals surface area contributed by atoms with Crippen LogP contribution in [0.4, 0.5) is 4.79 Å². The van der Waals surface area contributed by atoms with E-state index >= 15 is 0 Å². The number of carbonyl (C=O) groups excluding carboxylic acids is 1. The number of benzene rings is 2. The molecule has 0 spiro atoms. The lowest BCUT2D eigenvalue weighted by molar-refractivity contribution is 0.0600. The number of aryl methyl sites for hydroxylation is 1. The lowest BCUT2D eigenvalue weighted by Crippen LogP contribution is -2.10. The lowest BCUT2D eigenvalue weighted by Gasteiger charge is -2.09. The normalized spacial score (nSPS) is 10.6. The molecule has 2 aromatic carbocycles. The summed E-state index contributed by atoms with van der Waals surface area (Å²) in [6.45, 7) is 1.84. The second kappa shape index (κ2) is 6.64. The molecule has 0 amide bonds. The van der Waals surface area contributed by atoms with E-state index in [1.807, 2.05) is 30.3 Å². The number of ether oxygens (including phenoxy) is 2. The molecule has 0 aliphatic heterocycles. The number of carbonyl (C=O) groups is 2. The van der Waals surface area contributed by atoms with Crippen molar-refractivity contribution >= 4 is 23.1 Å². The molecule has 0 unspecified atom stereocenters. The minimum absolute atomic E-state index is 0.195. The second-order valence-corrected chi connectivity index (χ2v) is 5.38. The van der Waals surface area contributed by atoms with Crippen LogP contribution in [0, 0.1) is 6.92 Å². The van der Waals surface area contributed by atoms with Crippen LogP contribution in [0.1, 0.15) is 21.7 Å². The molecule has 0 fully saturated rings. The molecule has 7 nitrogen and oxygen atoms in total. The Balaban J connectivity index is 2.10. The van der Waals surface area contributed by atoms with Crippen molar-refractivity contribution in [1.82, 2.24) is 9.55 Å². The molecular weight excluding hydrogens is 324 g/mol. The van der Waals surface area contributed by atoms with Gasteiger partial charge in [-0.25, -0.2) is 19.1 Å². The molecule has 0 aliphatic rings. The number of carboxylic acid groups (broad SMARTS) is 1. The fraction of sp³-hybridized carbons (Fsp3) is 0.167.